The Morgan fingerprint density at radius 3 is 0.929 bits per heavy atom. The maximum absolute atomic E-state index is 10.7. The fraction of sp³-hybridized carbons (Fsp3) is 0.867. The summed E-state index contributed by atoms with van der Waals surface area (Å²) in [5.74, 6) is 0. The fourth-order valence-electron chi connectivity index (χ4n) is 0.657. The van der Waals surface area contributed by atoms with Crippen LogP contribution in [-0.2, 0) is 27.4 Å². The first-order valence-electron chi connectivity index (χ1n) is 7.85. The third kappa shape index (κ3) is 29.6. The number of carbonyl (C=O) groups excluding carboxylic acids is 2. The molecular formula is C15H39N3O8P2. The second kappa shape index (κ2) is 17.9. The predicted molar refractivity (Wildman–Crippen MR) is 113 cm³/mol. The van der Waals surface area contributed by atoms with E-state index in [1.807, 2.05) is 0 Å². The Hall–Kier alpha value is -1.12. The number of hydrogen-bond acceptors (Lipinski definition) is 8. The van der Waals surface area contributed by atoms with Crippen molar-refractivity contribution in [1.82, 2.24) is 14.7 Å². The van der Waals surface area contributed by atoms with Gasteiger partial charge in [-0.1, -0.05) is 0 Å². The molecule has 0 aromatic rings. The molecule has 0 N–H and O–H groups in total. The lowest BCUT2D eigenvalue weighted by Crippen LogP contribution is -2.33. The summed E-state index contributed by atoms with van der Waals surface area (Å²) in [6.07, 6.45) is -0.319. The molecule has 0 aliphatic rings. The zero-order chi connectivity index (χ0) is 23.7. The van der Waals surface area contributed by atoms with E-state index in [1.165, 1.54) is 49.8 Å². The molecule has 0 rings (SSSR count). The first-order valence-corrected chi connectivity index (χ1v) is 12.4. The monoisotopic (exact) mass is 451 g/mol. The minimum Gasteiger partial charge on any atom is -0.453 e. The molecule has 0 spiro atoms. The second-order valence-corrected chi connectivity index (χ2v) is 11.1. The molecule has 0 radical (unpaired) electrons. The number of methoxy groups -OCH3 is 1. The maximum Gasteiger partial charge on any atom is 0.408 e. The minimum atomic E-state index is -2.65. The molecule has 13 heteroatoms. The number of ether oxygens (including phenoxy) is 1. The summed E-state index contributed by atoms with van der Waals surface area (Å²) in [6, 6.07) is 0.0185. The van der Waals surface area contributed by atoms with E-state index in [4.69, 9.17) is 0 Å². The Bertz CT molecular complexity index is 490. The standard InChI is InChI=1S/C5H12N2O.C4H9NO2.C3H9O3P.C3H9O2P/c1-6(2)5(8)7(3)4;1-5(2)4(6)7-3;1-5-7(3,4)6-2;1-5-6(2,3)4/h1-4H3;2*1-3H3;1-3H3. The minimum absolute atomic E-state index is 0.0185. The topological polar surface area (TPSA) is 115 Å². The number of amides is 3. The molecule has 0 saturated carbocycles. The fourth-order valence-corrected chi connectivity index (χ4v) is 0.806. The van der Waals surface area contributed by atoms with Gasteiger partial charge in [-0.25, -0.2) is 9.59 Å². The second-order valence-electron chi connectivity index (χ2n) is 6.01. The molecule has 11 nitrogen and oxygen atoms in total. The molecule has 0 aliphatic heterocycles. The van der Waals surface area contributed by atoms with E-state index in [0.29, 0.717) is 0 Å². The van der Waals surface area contributed by atoms with Gasteiger partial charge in [-0.15, -0.1) is 0 Å². The molecule has 0 aromatic heterocycles. The van der Waals surface area contributed by atoms with Crippen molar-refractivity contribution in [3.8, 4) is 0 Å². The highest BCUT2D eigenvalue weighted by molar-refractivity contribution is 7.57. The van der Waals surface area contributed by atoms with Crippen LogP contribution in [0.2, 0.25) is 0 Å². The third-order valence-corrected chi connectivity index (χ3v) is 4.61. The summed E-state index contributed by atoms with van der Waals surface area (Å²) < 4.78 is 38.5. The van der Waals surface area contributed by atoms with Crippen LogP contribution in [0.1, 0.15) is 0 Å². The van der Waals surface area contributed by atoms with Crippen molar-refractivity contribution >= 4 is 27.1 Å². The highest BCUT2D eigenvalue weighted by Crippen LogP contribution is 2.40. The van der Waals surface area contributed by atoms with E-state index in [2.05, 4.69) is 18.3 Å². The van der Waals surface area contributed by atoms with E-state index in [0.717, 1.165) is 0 Å². The van der Waals surface area contributed by atoms with Gasteiger partial charge in [0.05, 0.1) is 7.11 Å². The van der Waals surface area contributed by atoms with Crippen molar-refractivity contribution in [3.05, 3.63) is 0 Å². The normalized spacial score (nSPS) is 9.89. The lowest BCUT2D eigenvalue weighted by molar-refractivity contribution is 0.141. The summed E-state index contributed by atoms with van der Waals surface area (Å²) in [4.78, 5) is 25.3. The van der Waals surface area contributed by atoms with Gasteiger partial charge in [0.2, 0.25) is 0 Å². The van der Waals surface area contributed by atoms with E-state index < -0.39 is 15.0 Å². The average molecular weight is 451 g/mol. The van der Waals surface area contributed by atoms with Crippen molar-refractivity contribution < 1.29 is 37.0 Å². The van der Waals surface area contributed by atoms with Gasteiger partial charge >= 0.3 is 19.7 Å². The number of urea groups is 1. The third-order valence-electron chi connectivity index (χ3n) is 2.41. The predicted octanol–water partition coefficient (Wildman–Crippen LogP) is 2.82. The summed E-state index contributed by atoms with van der Waals surface area (Å²) >= 11 is 0. The summed E-state index contributed by atoms with van der Waals surface area (Å²) in [5, 5.41) is 0. The van der Waals surface area contributed by atoms with Gasteiger partial charge in [0.25, 0.3) is 0 Å². The summed E-state index contributed by atoms with van der Waals surface area (Å²) in [6.45, 7) is 4.56. The van der Waals surface area contributed by atoms with Crippen molar-refractivity contribution in [3.63, 3.8) is 0 Å². The van der Waals surface area contributed by atoms with E-state index in [9.17, 15) is 18.7 Å². The highest BCUT2D eigenvalue weighted by atomic mass is 31.2. The molecule has 0 aliphatic carbocycles. The van der Waals surface area contributed by atoms with E-state index >= 15 is 0 Å². The largest absolute Gasteiger partial charge is 0.453 e. The molecule has 0 atom stereocenters. The van der Waals surface area contributed by atoms with Crippen LogP contribution in [0.15, 0.2) is 0 Å². The molecule has 0 saturated heterocycles. The SMILES string of the molecule is CN(C)C(=O)N(C)C.COC(=O)N(C)C.COP(C)(=O)OC.COP(C)(C)=O. The van der Waals surface area contributed by atoms with Crippen LogP contribution in [0.25, 0.3) is 0 Å². The zero-order valence-electron chi connectivity index (χ0n) is 19.5. The lowest BCUT2D eigenvalue weighted by Gasteiger charge is -2.16. The molecule has 0 unspecified atom stereocenters. The van der Waals surface area contributed by atoms with Gasteiger partial charge in [0, 0.05) is 83.6 Å². The Morgan fingerprint density at radius 2 is 0.929 bits per heavy atom. The summed E-state index contributed by atoms with van der Waals surface area (Å²) in [7, 11) is 10.9. The van der Waals surface area contributed by atoms with Crippen LogP contribution in [0, 0.1) is 0 Å². The van der Waals surface area contributed by atoms with Crippen LogP contribution in [0.3, 0.4) is 0 Å². The van der Waals surface area contributed by atoms with Crippen LogP contribution in [0.4, 0.5) is 9.59 Å². The van der Waals surface area contributed by atoms with Crippen molar-refractivity contribution in [2.75, 3.05) is 90.7 Å². The summed E-state index contributed by atoms with van der Waals surface area (Å²) in [5.41, 5.74) is 0. The van der Waals surface area contributed by atoms with E-state index in [-0.39, 0.29) is 12.1 Å². The molecule has 0 aromatic carbocycles. The molecule has 3 amide bonds. The maximum atomic E-state index is 10.7. The van der Waals surface area contributed by atoms with Gasteiger partial charge in [0.1, 0.15) is 0 Å². The quantitative estimate of drug-likeness (QED) is 0.602. The van der Waals surface area contributed by atoms with Gasteiger partial charge in [-0.2, -0.15) is 0 Å². The van der Waals surface area contributed by atoms with Crippen molar-refractivity contribution in [1.29, 1.82) is 0 Å². The number of nitrogens with zero attached hydrogens (tertiary/aromatic N) is 3. The molecule has 172 valence electrons. The van der Waals surface area contributed by atoms with Gasteiger partial charge in [0.15, 0.2) is 7.37 Å². The van der Waals surface area contributed by atoms with Crippen LogP contribution in [0.5, 0.6) is 0 Å². The molecular weight excluding hydrogens is 412 g/mol. The molecule has 0 bridgehead atoms. The average Bonchev–Trinajstić information content (AvgIpc) is 2.60. The highest BCUT2D eigenvalue weighted by Gasteiger charge is 2.09. The molecule has 0 heterocycles. The van der Waals surface area contributed by atoms with E-state index in [1.54, 1.807) is 55.6 Å². The van der Waals surface area contributed by atoms with Crippen LogP contribution in [-0.4, -0.2) is 118 Å². The van der Waals surface area contributed by atoms with Gasteiger partial charge < -0.3 is 33.0 Å². The number of hydrogen-bond donors (Lipinski definition) is 0. The Labute approximate surface area is 170 Å². The first kappa shape index (κ1) is 34.4. The van der Waals surface area contributed by atoms with Gasteiger partial charge in [-0.05, 0) is 0 Å². The molecule has 28 heavy (non-hydrogen) atoms. The number of rotatable bonds is 3. The van der Waals surface area contributed by atoms with Crippen molar-refractivity contribution in [2.24, 2.45) is 0 Å². The number of carbonyl (C=O) groups is 2. The molecule has 0 fully saturated rings. The lowest BCUT2D eigenvalue weighted by atomic mass is 10.7. The Morgan fingerprint density at radius 1 is 0.643 bits per heavy atom. The van der Waals surface area contributed by atoms with Gasteiger partial charge in [-0.3, -0.25) is 9.13 Å². The van der Waals surface area contributed by atoms with Crippen molar-refractivity contribution in [2.45, 2.75) is 0 Å². The first-order chi connectivity index (χ1) is 12.4. The van der Waals surface area contributed by atoms with Crippen LogP contribution >= 0.6 is 15.0 Å². The Balaban J connectivity index is -0.000000138. The smallest absolute Gasteiger partial charge is 0.408 e. The Kier molecular flexibility index (Phi) is 22.0. The zero-order valence-corrected chi connectivity index (χ0v) is 21.3. The van der Waals surface area contributed by atoms with Crippen LogP contribution < -0.4 is 0 Å².